The molecule has 4 nitrogen and oxygen atoms in total. The lowest BCUT2D eigenvalue weighted by Crippen LogP contribution is -2.35. The molecule has 1 rings (SSSR count). The van der Waals surface area contributed by atoms with E-state index in [1.54, 1.807) is 6.07 Å². The predicted molar refractivity (Wildman–Crippen MR) is 78.1 cm³/mol. The summed E-state index contributed by atoms with van der Waals surface area (Å²) in [5.74, 6) is -0.838. The lowest BCUT2D eigenvalue weighted by Gasteiger charge is -2.15. The van der Waals surface area contributed by atoms with Crippen molar-refractivity contribution in [2.24, 2.45) is 0 Å². The SMILES string of the molecule is CCCC(NCc1ccc(OC)c(SC(F)(F)F)c1)C(=O)O. The predicted octanol–water partition coefficient (Wildman–Crippen LogP) is 3.65. The number of halogens is 3. The van der Waals surface area contributed by atoms with Gasteiger partial charge in [-0.05, 0) is 35.9 Å². The largest absolute Gasteiger partial charge is 0.496 e. The van der Waals surface area contributed by atoms with E-state index in [4.69, 9.17) is 9.84 Å². The van der Waals surface area contributed by atoms with Crippen molar-refractivity contribution < 1.29 is 27.8 Å². The molecule has 0 aromatic heterocycles. The molecule has 0 aliphatic carbocycles. The van der Waals surface area contributed by atoms with Gasteiger partial charge < -0.3 is 15.2 Å². The van der Waals surface area contributed by atoms with E-state index in [1.165, 1.54) is 19.2 Å². The van der Waals surface area contributed by atoms with Gasteiger partial charge in [-0.1, -0.05) is 19.4 Å². The first kappa shape index (κ1) is 18.6. The zero-order valence-electron chi connectivity index (χ0n) is 12.2. The highest BCUT2D eigenvalue weighted by molar-refractivity contribution is 8.00. The van der Waals surface area contributed by atoms with Crippen LogP contribution in [-0.2, 0) is 11.3 Å². The van der Waals surface area contributed by atoms with Crippen LogP contribution in [0.5, 0.6) is 5.75 Å². The van der Waals surface area contributed by atoms with Gasteiger partial charge in [-0.2, -0.15) is 13.2 Å². The summed E-state index contributed by atoms with van der Waals surface area (Å²) in [6, 6.07) is 3.69. The number of benzene rings is 1. The molecule has 1 aromatic carbocycles. The number of rotatable bonds is 8. The van der Waals surface area contributed by atoms with E-state index in [-0.39, 0.29) is 29.0 Å². The summed E-state index contributed by atoms with van der Waals surface area (Å²) in [7, 11) is 1.30. The minimum atomic E-state index is -4.41. The maximum atomic E-state index is 12.5. The van der Waals surface area contributed by atoms with Gasteiger partial charge in [-0.3, -0.25) is 4.79 Å². The molecule has 2 N–H and O–H groups in total. The smallest absolute Gasteiger partial charge is 0.446 e. The van der Waals surface area contributed by atoms with Crippen molar-refractivity contribution in [2.45, 2.75) is 42.8 Å². The fraction of sp³-hybridized carbons (Fsp3) is 0.500. The molecule has 8 heteroatoms. The molecule has 0 heterocycles. The fourth-order valence-corrected chi connectivity index (χ4v) is 2.59. The number of carboxylic acid groups (broad SMARTS) is 1. The van der Waals surface area contributed by atoms with Gasteiger partial charge in [0.2, 0.25) is 0 Å². The molecule has 0 fully saturated rings. The number of nitrogens with one attached hydrogen (secondary N) is 1. The van der Waals surface area contributed by atoms with Crippen molar-refractivity contribution in [2.75, 3.05) is 7.11 Å². The minimum absolute atomic E-state index is 0.0448. The van der Waals surface area contributed by atoms with Crippen molar-refractivity contribution in [3.8, 4) is 5.75 Å². The first-order chi connectivity index (χ1) is 10.3. The standard InChI is InChI=1S/C14H18F3NO3S/c1-3-4-10(13(19)20)18-8-9-5-6-11(21-2)12(7-9)22-14(15,16)17/h5-7,10,18H,3-4,8H2,1-2H3,(H,19,20). The van der Waals surface area contributed by atoms with Crippen molar-refractivity contribution >= 4 is 17.7 Å². The number of methoxy groups -OCH3 is 1. The Morgan fingerprint density at radius 3 is 2.64 bits per heavy atom. The molecule has 1 aromatic rings. The van der Waals surface area contributed by atoms with Crippen molar-refractivity contribution in [3.63, 3.8) is 0 Å². The van der Waals surface area contributed by atoms with Crippen LogP contribution in [0.3, 0.4) is 0 Å². The van der Waals surface area contributed by atoms with Crippen LogP contribution in [0.15, 0.2) is 23.1 Å². The van der Waals surface area contributed by atoms with Crippen molar-refractivity contribution in [3.05, 3.63) is 23.8 Å². The Hall–Kier alpha value is -1.41. The van der Waals surface area contributed by atoms with Gasteiger partial charge in [0.15, 0.2) is 0 Å². The van der Waals surface area contributed by atoms with E-state index in [0.29, 0.717) is 18.4 Å². The Labute approximate surface area is 131 Å². The van der Waals surface area contributed by atoms with E-state index in [1.807, 2.05) is 6.92 Å². The molecule has 1 atom stereocenters. The van der Waals surface area contributed by atoms with Crippen molar-refractivity contribution in [1.82, 2.24) is 5.32 Å². The Morgan fingerprint density at radius 2 is 2.14 bits per heavy atom. The topological polar surface area (TPSA) is 58.6 Å². The van der Waals surface area contributed by atoms with E-state index < -0.39 is 17.5 Å². The van der Waals surface area contributed by atoms with Gasteiger partial charge in [0.05, 0.1) is 12.0 Å². The summed E-state index contributed by atoms with van der Waals surface area (Å²) in [4.78, 5) is 11.0. The summed E-state index contributed by atoms with van der Waals surface area (Å²) >= 11 is -0.252. The van der Waals surface area contributed by atoms with Gasteiger partial charge in [-0.15, -0.1) is 0 Å². The summed E-state index contributed by atoms with van der Waals surface area (Å²) in [5.41, 5.74) is -3.85. The molecule has 0 spiro atoms. The van der Waals surface area contributed by atoms with Crippen LogP contribution in [0, 0.1) is 0 Å². The molecule has 124 valence electrons. The number of ether oxygens (including phenoxy) is 1. The molecule has 0 aliphatic heterocycles. The van der Waals surface area contributed by atoms with Crippen LogP contribution in [-0.4, -0.2) is 29.7 Å². The van der Waals surface area contributed by atoms with Crippen LogP contribution in [0.1, 0.15) is 25.3 Å². The third kappa shape index (κ3) is 6.15. The summed E-state index contributed by atoms with van der Waals surface area (Å²) in [6.07, 6.45) is 1.15. The number of carbonyl (C=O) groups is 1. The van der Waals surface area contributed by atoms with E-state index in [0.717, 1.165) is 0 Å². The van der Waals surface area contributed by atoms with Crippen molar-refractivity contribution in [1.29, 1.82) is 0 Å². The quantitative estimate of drug-likeness (QED) is 0.709. The Balaban J connectivity index is 2.83. The van der Waals surface area contributed by atoms with Crippen LogP contribution < -0.4 is 10.1 Å². The molecular weight excluding hydrogens is 319 g/mol. The minimum Gasteiger partial charge on any atom is -0.496 e. The van der Waals surface area contributed by atoms with Gasteiger partial charge >= 0.3 is 11.5 Å². The van der Waals surface area contributed by atoms with Crippen LogP contribution >= 0.6 is 11.8 Å². The molecule has 0 radical (unpaired) electrons. The molecule has 0 bridgehead atoms. The van der Waals surface area contributed by atoms with Gasteiger partial charge in [-0.25, -0.2) is 0 Å². The van der Waals surface area contributed by atoms with Gasteiger partial charge in [0, 0.05) is 6.54 Å². The third-order valence-electron chi connectivity index (χ3n) is 2.88. The lowest BCUT2D eigenvalue weighted by atomic mass is 10.1. The Kier molecular flexibility index (Phi) is 7.02. The number of hydrogen-bond acceptors (Lipinski definition) is 4. The normalized spacial score (nSPS) is 13.0. The summed E-state index contributed by atoms with van der Waals surface area (Å²) < 4.78 is 42.5. The maximum Gasteiger partial charge on any atom is 0.446 e. The molecule has 22 heavy (non-hydrogen) atoms. The number of carboxylic acids is 1. The van der Waals surface area contributed by atoms with E-state index >= 15 is 0 Å². The lowest BCUT2D eigenvalue weighted by molar-refractivity contribution is -0.139. The number of alkyl halides is 3. The Bertz CT molecular complexity index is 509. The highest BCUT2D eigenvalue weighted by atomic mass is 32.2. The highest BCUT2D eigenvalue weighted by Gasteiger charge is 2.31. The second-order valence-corrected chi connectivity index (χ2v) is 5.70. The third-order valence-corrected chi connectivity index (χ3v) is 3.65. The van der Waals surface area contributed by atoms with Crippen LogP contribution in [0.25, 0.3) is 0 Å². The number of aliphatic carboxylic acids is 1. The van der Waals surface area contributed by atoms with E-state index in [9.17, 15) is 18.0 Å². The molecule has 1 unspecified atom stereocenters. The highest BCUT2D eigenvalue weighted by Crippen LogP contribution is 2.41. The average Bonchev–Trinajstić information content (AvgIpc) is 2.41. The second kappa shape index (κ2) is 8.28. The average molecular weight is 337 g/mol. The van der Waals surface area contributed by atoms with E-state index in [2.05, 4.69) is 5.32 Å². The van der Waals surface area contributed by atoms with Crippen LogP contribution in [0.4, 0.5) is 13.2 Å². The zero-order valence-corrected chi connectivity index (χ0v) is 13.1. The monoisotopic (exact) mass is 337 g/mol. The first-order valence-electron chi connectivity index (χ1n) is 6.65. The van der Waals surface area contributed by atoms with Gasteiger partial charge in [0.1, 0.15) is 11.8 Å². The summed E-state index contributed by atoms with van der Waals surface area (Å²) in [6.45, 7) is 2.04. The molecule has 0 amide bonds. The summed E-state index contributed by atoms with van der Waals surface area (Å²) in [5, 5.41) is 11.9. The van der Waals surface area contributed by atoms with Gasteiger partial charge in [0.25, 0.3) is 0 Å². The molecule has 0 saturated heterocycles. The first-order valence-corrected chi connectivity index (χ1v) is 7.47. The van der Waals surface area contributed by atoms with Crippen LogP contribution in [0.2, 0.25) is 0 Å². The number of hydrogen-bond donors (Lipinski definition) is 2. The fourth-order valence-electron chi connectivity index (χ4n) is 1.88. The zero-order chi connectivity index (χ0) is 16.8. The number of thioether (sulfide) groups is 1. The molecular formula is C14H18F3NO3S. The Morgan fingerprint density at radius 1 is 1.45 bits per heavy atom. The molecule has 0 aliphatic rings. The second-order valence-electron chi connectivity index (χ2n) is 4.59. The molecule has 0 saturated carbocycles. The maximum absolute atomic E-state index is 12.5.